The van der Waals surface area contributed by atoms with Crippen molar-refractivity contribution in [2.24, 2.45) is 17.5 Å². The minimum atomic E-state index is -0.578. The molecule has 1 heterocycles. The molecule has 1 aliphatic carbocycles. The number of Topliss-reactive ketones (excluding diaryl/α,β-unsaturated/α-hetero) is 1. The fraction of sp³-hybridized carbons (Fsp3) is 0.423. The number of likely N-dealkylation sites (N-methyl/N-ethyl adjacent to an activating group) is 1. The number of rotatable bonds is 9. The van der Waals surface area contributed by atoms with E-state index >= 15 is 0 Å². The number of alkyl carbamates (subject to hydrolysis) is 1. The number of carbonyl (C=O) groups excluding carboxylic acids is 2. The van der Waals surface area contributed by atoms with Crippen LogP contribution in [-0.2, 0) is 16.1 Å². The lowest BCUT2D eigenvalue weighted by molar-refractivity contribution is -0.122. The van der Waals surface area contributed by atoms with Crippen molar-refractivity contribution in [1.82, 2.24) is 15.3 Å². The van der Waals surface area contributed by atoms with Crippen molar-refractivity contribution in [1.29, 1.82) is 0 Å². The van der Waals surface area contributed by atoms with E-state index in [1.807, 2.05) is 43.3 Å². The predicted octanol–water partition coefficient (Wildman–Crippen LogP) is 3.28. The van der Waals surface area contributed by atoms with Crippen molar-refractivity contribution in [3.8, 4) is 5.75 Å². The molecule has 0 radical (unpaired) electrons. The Bertz CT molecular complexity index is 1050. The van der Waals surface area contributed by atoms with Crippen LogP contribution in [0.5, 0.6) is 5.75 Å². The molecule has 1 aromatic carbocycles. The first-order chi connectivity index (χ1) is 16.7. The molecule has 1 aromatic heterocycles. The molecule has 2 aromatic rings. The molecule has 1 fully saturated rings. The van der Waals surface area contributed by atoms with Gasteiger partial charge in [0.15, 0.2) is 0 Å². The molecule has 188 valence electrons. The summed E-state index contributed by atoms with van der Waals surface area (Å²) in [6.45, 7) is 3.73. The lowest BCUT2D eigenvalue weighted by atomic mass is 9.85. The third-order valence-electron chi connectivity index (χ3n) is 6.16. The summed E-state index contributed by atoms with van der Waals surface area (Å²) in [4.78, 5) is 28.5. The first-order valence-electron chi connectivity index (χ1n) is 11.8. The number of hydrogen-bond donors (Lipinski definition) is 3. The Hall–Kier alpha value is -3.59. The molecule has 0 unspecified atom stereocenters. The molecule has 0 saturated heterocycles. The van der Waals surface area contributed by atoms with Crippen molar-refractivity contribution >= 4 is 17.6 Å². The van der Waals surface area contributed by atoms with Crippen LogP contribution >= 0.6 is 0 Å². The minimum absolute atomic E-state index is 0.00581. The maximum atomic E-state index is 12.1. The standard InChI is InChI=1S/C26H35N5O4/c1-17-24(35-21-11-7-10-20(14-21)18(2)32)13-12-22(30-17)25(27)23(31(3)28)15-29-26(33)34-16-19-8-5-4-6-9-19/h4-6,8-9,12-13,20-21H,7,10-11,14-16,27-28H2,1-3H3,(H,29,33)/b25-23-/t20-,21+/m1/s1. The van der Waals surface area contributed by atoms with Gasteiger partial charge in [-0.1, -0.05) is 30.3 Å². The van der Waals surface area contributed by atoms with Crippen molar-refractivity contribution in [2.75, 3.05) is 13.6 Å². The summed E-state index contributed by atoms with van der Waals surface area (Å²) in [6, 6.07) is 13.0. The fourth-order valence-corrected chi connectivity index (χ4v) is 4.11. The second-order valence-corrected chi connectivity index (χ2v) is 8.88. The van der Waals surface area contributed by atoms with Crippen LogP contribution in [0.3, 0.4) is 0 Å². The third kappa shape index (κ3) is 7.45. The zero-order chi connectivity index (χ0) is 25.4. The first kappa shape index (κ1) is 26.0. The summed E-state index contributed by atoms with van der Waals surface area (Å²) in [5, 5.41) is 4.02. The number of aromatic nitrogens is 1. The van der Waals surface area contributed by atoms with E-state index in [0.717, 1.165) is 31.2 Å². The number of ether oxygens (including phenoxy) is 2. The van der Waals surface area contributed by atoms with Crippen LogP contribution < -0.4 is 21.6 Å². The summed E-state index contributed by atoms with van der Waals surface area (Å²) in [7, 11) is 1.64. The summed E-state index contributed by atoms with van der Waals surface area (Å²) >= 11 is 0. The van der Waals surface area contributed by atoms with Crippen molar-refractivity contribution < 1.29 is 19.1 Å². The smallest absolute Gasteiger partial charge is 0.407 e. The number of nitrogens with two attached hydrogens (primary N) is 2. The van der Waals surface area contributed by atoms with Crippen LogP contribution in [0.25, 0.3) is 5.70 Å². The van der Waals surface area contributed by atoms with Gasteiger partial charge in [0.05, 0.1) is 35.4 Å². The third-order valence-corrected chi connectivity index (χ3v) is 6.16. The van der Waals surface area contributed by atoms with E-state index in [1.54, 1.807) is 20.0 Å². The van der Waals surface area contributed by atoms with Crippen LogP contribution in [0.2, 0.25) is 0 Å². The Balaban J connectivity index is 1.64. The monoisotopic (exact) mass is 481 g/mol. The van der Waals surface area contributed by atoms with Gasteiger partial charge in [0.25, 0.3) is 0 Å². The van der Waals surface area contributed by atoms with Crippen molar-refractivity contribution in [2.45, 2.75) is 52.2 Å². The maximum absolute atomic E-state index is 12.1. The normalized spacial score (nSPS) is 18.3. The van der Waals surface area contributed by atoms with E-state index < -0.39 is 6.09 Å². The zero-order valence-electron chi connectivity index (χ0n) is 20.6. The second-order valence-electron chi connectivity index (χ2n) is 8.88. The molecule has 35 heavy (non-hydrogen) atoms. The molecule has 1 aliphatic rings. The van der Waals surface area contributed by atoms with Crippen molar-refractivity contribution in [3.05, 3.63) is 65.1 Å². The van der Waals surface area contributed by atoms with Crippen LogP contribution in [0.4, 0.5) is 4.79 Å². The quantitative estimate of drug-likeness (QED) is 0.367. The number of hydrogen-bond acceptors (Lipinski definition) is 8. The Labute approximate surface area is 206 Å². The maximum Gasteiger partial charge on any atom is 0.407 e. The molecular weight excluding hydrogens is 446 g/mol. The highest BCUT2D eigenvalue weighted by molar-refractivity contribution is 5.78. The molecule has 5 N–H and O–H groups in total. The largest absolute Gasteiger partial charge is 0.489 e. The van der Waals surface area contributed by atoms with E-state index in [1.165, 1.54) is 5.01 Å². The number of pyridine rings is 1. The van der Waals surface area contributed by atoms with Gasteiger partial charge in [0, 0.05) is 13.0 Å². The Morgan fingerprint density at radius 1 is 1.17 bits per heavy atom. The average molecular weight is 482 g/mol. The van der Waals surface area contributed by atoms with E-state index in [9.17, 15) is 9.59 Å². The molecule has 1 saturated carbocycles. The number of aryl methyl sites for hydroxylation is 1. The molecular formula is C26H35N5O4. The second kappa shape index (κ2) is 12.2. The van der Waals surface area contributed by atoms with Gasteiger partial charge >= 0.3 is 6.09 Å². The minimum Gasteiger partial charge on any atom is -0.489 e. The number of benzene rings is 1. The Morgan fingerprint density at radius 2 is 1.91 bits per heavy atom. The van der Waals surface area contributed by atoms with Crippen LogP contribution in [0, 0.1) is 12.8 Å². The number of carbonyl (C=O) groups is 2. The highest BCUT2D eigenvalue weighted by atomic mass is 16.5. The SMILES string of the molecule is CC(=O)[C@@H]1CCC[C@H](Oc2ccc(/C(N)=C(\CNC(=O)OCc3ccccc3)N(C)N)nc2C)C1. The topological polar surface area (TPSA) is 133 Å². The van der Waals surface area contributed by atoms with E-state index in [4.69, 9.17) is 21.1 Å². The van der Waals surface area contributed by atoms with Gasteiger partial charge in [-0.2, -0.15) is 0 Å². The van der Waals surface area contributed by atoms with Gasteiger partial charge in [-0.05, 0) is 57.2 Å². The summed E-state index contributed by atoms with van der Waals surface area (Å²) in [6.07, 6.45) is 2.96. The van der Waals surface area contributed by atoms with E-state index in [0.29, 0.717) is 28.5 Å². The highest BCUT2D eigenvalue weighted by Crippen LogP contribution is 2.30. The van der Waals surface area contributed by atoms with Gasteiger partial charge in [0.2, 0.25) is 0 Å². The lowest BCUT2D eigenvalue weighted by Gasteiger charge is -2.28. The van der Waals surface area contributed by atoms with Gasteiger partial charge in [-0.15, -0.1) is 0 Å². The first-order valence-corrected chi connectivity index (χ1v) is 11.8. The molecule has 0 bridgehead atoms. The molecule has 0 spiro atoms. The summed E-state index contributed by atoms with van der Waals surface area (Å²) < 4.78 is 11.4. The number of ketones is 1. The number of nitrogens with one attached hydrogen (secondary N) is 1. The molecule has 0 aliphatic heterocycles. The summed E-state index contributed by atoms with van der Waals surface area (Å²) in [5.74, 6) is 6.93. The van der Waals surface area contributed by atoms with Crippen molar-refractivity contribution in [3.63, 3.8) is 0 Å². The number of amides is 1. The molecule has 9 heteroatoms. The Kier molecular flexibility index (Phi) is 9.08. The van der Waals surface area contributed by atoms with Gasteiger partial charge < -0.3 is 25.5 Å². The number of nitrogens with zero attached hydrogens (tertiary/aromatic N) is 2. The van der Waals surface area contributed by atoms with Crippen LogP contribution in [-0.4, -0.2) is 41.6 Å². The molecule has 1 amide bonds. The fourth-order valence-electron chi connectivity index (χ4n) is 4.11. The predicted molar refractivity (Wildman–Crippen MR) is 134 cm³/mol. The summed E-state index contributed by atoms with van der Waals surface area (Å²) in [5.41, 5.74) is 9.29. The average Bonchev–Trinajstić information content (AvgIpc) is 2.84. The van der Waals surface area contributed by atoms with E-state index in [-0.39, 0.29) is 31.0 Å². The van der Waals surface area contributed by atoms with Gasteiger partial charge in [0.1, 0.15) is 18.1 Å². The zero-order valence-corrected chi connectivity index (χ0v) is 20.6. The van der Waals surface area contributed by atoms with Crippen LogP contribution in [0.15, 0.2) is 48.2 Å². The van der Waals surface area contributed by atoms with E-state index in [2.05, 4.69) is 10.3 Å². The highest BCUT2D eigenvalue weighted by Gasteiger charge is 2.26. The Morgan fingerprint density at radius 3 is 2.57 bits per heavy atom. The van der Waals surface area contributed by atoms with Gasteiger partial charge in [-0.25, -0.2) is 15.6 Å². The molecule has 2 atom stereocenters. The van der Waals surface area contributed by atoms with Gasteiger partial charge in [-0.3, -0.25) is 4.79 Å². The molecule has 9 nitrogen and oxygen atoms in total. The lowest BCUT2D eigenvalue weighted by Crippen LogP contribution is -2.36. The molecule has 3 rings (SSSR count). The number of hydrazine groups is 1. The van der Waals surface area contributed by atoms with Crippen LogP contribution in [0.1, 0.15) is 49.6 Å².